The summed E-state index contributed by atoms with van der Waals surface area (Å²) in [5, 5.41) is 2.71. The molecule has 0 bridgehead atoms. The molecule has 2 aromatic heterocycles. The molecular formula is C23H32N9O5+. The fourth-order valence-corrected chi connectivity index (χ4v) is 4.94. The molecule has 0 radical (unpaired) electrons. The van der Waals surface area contributed by atoms with Gasteiger partial charge in [-0.15, -0.1) is 0 Å². The smallest absolute Gasteiger partial charge is 0.247 e. The maximum absolute atomic E-state index is 13.4. The van der Waals surface area contributed by atoms with Crippen molar-refractivity contribution in [1.82, 2.24) is 30.1 Å². The predicted molar refractivity (Wildman–Crippen MR) is 127 cm³/mol. The number of amides is 5. The van der Waals surface area contributed by atoms with Crippen LogP contribution in [0.15, 0.2) is 25.0 Å². The highest BCUT2D eigenvalue weighted by molar-refractivity contribution is 6.05. The summed E-state index contributed by atoms with van der Waals surface area (Å²) in [5.41, 5.74) is 13.0. The highest BCUT2D eigenvalue weighted by Gasteiger charge is 2.44. The molecule has 0 aromatic carbocycles. The van der Waals surface area contributed by atoms with Gasteiger partial charge in [0.25, 0.3) is 0 Å². The number of hydrogen-bond donors (Lipinski definition) is 5. The quantitative estimate of drug-likeness (QED) is 0.221. The van der Waals surface area contributed by atoms with Gasteiger partial charge in [0.15, 0.2) is 0 Å². The molecular weight excluding hydrogens is 482 g/mol. The molecule has 14 heteroatoms. The molecule has 4 atom stereocenters. The summed E-state index contributed by atoms with van der Waals surface area (Å²) in [5.74, 6) is -2.88. The second kappa shape index (κ2) is 10.9. The minimum Gasteiger partial charge on any atom is -0.368 e. The molecule has 0 aliphatic carbocycles. The Balaban J connectivity index is 1.50. The Labute approximate surface area is 212 Å². The zero-order valence-corrected chi connectivity index (χ0v) is 20.6. The van der Waals surface area contributed by atoms with Crippen LogP contribution < -0.4 is 21.4 Å². The number of imide groups is 1. The maximum atomic E-state index is 13.4. The summed E-state index contributed by atoms with van der Waals surface area (Å²) >= 11 is 0. The Morgan fingerprint density at radius 2 is 2.00 bits per heavy atom. The van der Waals surface area contributed by atoms with Crippen LogP contribution in [0.2, 0.25) is 0 Å². The molecule has 2 aliphatic heterocycles. The lowest BCUT2D eigenvalue weighted by atomic mass is 10.1. The van der Waals surface area contributed by atoms with E-state index in [9.17, 15) is 24.0 Å². The Hall–Kier alpha value is -4.07. The van der Waals surface area contributed by atoms with Crippen molar-refractivity contribution in [2.75, 3.05) is 6.54 Å². The molecule has 7 N–H and O–H groups in total. The van der Waals surface area contributed by atoms with Gasteiger partial charge in [-0.2, -0.15) is 0 Å². The molecule has 0 unspecified atom stereocenters. The Bertz CT molecular complexity index is 1180. The van der Waals surface area contributed by atoms with Crippen LogP contribution in [-0.4, -0.2) is 85.0 Å². The van der Waals surface area contributed by atoms with Gasteiger partial charge < -0.3 is 26.7 Å². The normalized spacial score (nSPS) is 21.2. The van der Waals surface area contributed by atoms with Crippen LogP contribution in [0.25, 0.3) is 0 Å². The SMILES string of the molecule is C[n+]1c[nH]cc1C[C@H](N)C(=O)N1C(=O)CC[C@H]1C(=O)N[C@@H](Cc1cnc[nH]1)C(=O)N1CCC[C@H]1C(N)=O. The fraction of sp³-hybridized carbons (Fsp3) is 0.522. The van der Waals surface area contributed by atoms with Crippen LogP contribution >= 0.6 is 0 Å². The van der Waals surface area contributed by atoms with Crippen molar-refractivity contribution in [2.24, 2.45) is 18.5 Å². The number of aryl methyl sites for hydroxylation is 1. The zero-order valence-electron chi connectivity index (χ0n) is 20.6. The van der Waals surface area contributed by atoms with Crippen molar-refractivity contribution in [1.29, 1.82) is 0 Å². The number of nitrogens with zero attached hydrogens (tertiary/aromatic N) is 4. The molecule has 0 spiro atoms. The monoisotopic (exact) mass is 514 g/mol. The number of aromatic amines is 2. The fourth-order valence-electron chi connectivity index (χ4n) is 4.94. The summed E-state index contributed by atoms with van der Waals surface area (Å²) in [7, 11) is 1.79. The van der Waals surface area contributed by atoms with E-state index in [0.717, 1.165) is 10.6 Å². The van der Waals surface area contributed by atoms with Crippen molar-refractivity contribution in [3.8, 4) is 0 Å². The number of imidazole rings is 2. The lowest BCUT2D eigenvalue weighted by Gasteiger charge is -2.30. The van der Waals surface area contributed by atoms with Crippen molar-refractivity contribution in [3.63, 3.8) is 0 Å². The van der Waals surface area contributed by atoms with Crippen molar-refractivity contribution in [3.05, 3.63) is 36.4 Å². The molecule has 4 heterocycles. The molecule has 2 saturated heterocycles. The van der Waals surface area contributed by atoms with Crippen LogP contribution in [0.1, 0.15) is 37.1 Å². The highest BCUT2D eigenvalue weighted by atomic mass is 16.2. The van der Waals surface area contributed by atoms with Crippen LogP contribution in [0, 0.1) is 0 Å². The van der Waals surface area contributed by atoms with Crippen molar-refractivity contribution < 1.29 is 28.5 Å². The third kappa shape index (κ3) is 5.53. The third-order valence-corrected chi connectivity index (χ3v) is 6.93. The summed E-state index contributed by atoms with van der Waals surface area (Å²) < 4.78 is 1.77. The number of H-pyrrole nitrogens is 2. The number of carbonyl (C=O) groups excluding carboxylic acids is 5. The first kappa shape index (κ1) is 26.0. The van der Waals surface area contributed by atoms with Crippen molar-refractivity contribution >= 4 is 29.5 Å². The van der Waals surface area contributed by atoms with Crippen LogP contribution in [0.5, 0.6) is 0 Å². The Morgan fingerprint density at radius 3 is 2.65 bits per heavy atom. The highest BCUT2D eigenvalue weighted by Crippen LogP contribution is 2.22. The molecule has 198 valence electrons. The number of hydrogen-bond acceptors (Lipinski definition) is 7. The molecule has 4 rings (SSSR count). The van der Waals surface area contributed by atoms with Gasteiger partial charge in [0, 0.05) is 37.7 Å². The molecule has 37 heavy (non-hydrogen) atoms. The summed E-state index contributed by atoms with van der Waals surface area (Å²) in [4.78, 5) is 76.5. The standard InChI is InChI=1S/C23H31N9O5/c1-30-12-27-10-14(30)8-15(24)22(36)32-18(4-5-19(32)33)21(35)29-16(7-13-9-26-11-28-13)23(37)31-6-2-3-17(31)20(25)34/h9-12,15-18H,2-8,24H2,1H3,(H4,25,26,28,29,34,35)/p+1/t15-,16-,17-,18-/m0/s1. The van der Waals surface area contributed by atoms with Crippen LogP contribution in [0.4, 0.5) is 0 Å². The van der Waals surface area contributed by atoms with Crippen molar-refractivity contribution in [2.45, 2.75) is 62.7 Å². The van der Waals surface area contributed by atoms with Gasteiger partial charge >= 0.3 is 0 Å². The van der Waals surface area contributed by atoms with E-state index in [2.05, 4.69) is 20.3 Å². The summed E-state index contributed by atoms with van der Waals surface area (Å²) in [6.45, 7) is 0.333. The topological polar surface area (TPSA) is 204 Å². The average Bonchev–Trinajstić information content (AvgIpc) is 3.66. The van der Waals surface area contributed by atoms with Gasteiger partial charge in [-0.05, 0) is 19.3 Å². The largest absolute Gasteiger partial charge is 0.368 e. The minimum atomic E-state index is -1.10. The number of likely N-dealkylation sites (tertiary alicyclic amines) is 2. The van der Waals surface area contributed by atoms with Gasteiger partial charge in [-0.3, -0.25) is 28.9 Å². The Morgan fingerprint density at radius 1 is 1.22 bits per heavy atom. The van der Waals surface area contributed by atoms with Crippen LogP contribution in [0.3, 0.4) is 0 Å². The molecule has 2 aliphatic rings. The first-order valence-corrected chi connectivity index (χ1v) is 12.2. The first-order chi connectivity index (χ1) is 17.7. The number of nitrogens with two attached hydrogens (primary N) is 2. The summed E-state index contributed by atoms with van der Waals surface area (Å²) in [6, 6.07) is -3.96. The zero-order chi connectivity index (χ0) is 26.7. The second-order valence-corrected chi connectivity index (χ2v) is 9.44. The van der Waals surface area contributed by atoms with Gasteiger partial charge in [0.1, 0.15) is 30.0 Å². The predicted octanol–water partition coefficient (Wildman–Crippen LogP) is -2.85. The number of primary amides is 1. The first-order valence-electron chi connectivity index (χ1n) is 12.2. The van der Waals surface area contributed by atoms with Gasteiger partial charge in [0.05, 0.1) is 19.4 Å². The molecule has 2 fully saturated rings. The van der Waals surface area contributed by atoms with E-state index in [4.69, 9.17) is 11.5 Å². The number of aromatic nitrogens is 4. The number of rotatable bonds is 9. The molecule has 14 nitrogen and oxygen atoms in total. The van der Waals surface area contributed by atoms with Gasteiger partial charge in [0.2, 0.25) is 35.9 Å². The van der Waals surface area contributed by atoms with Crippen LogP contribution in [-0.2, 0) is 43.9 Å². The summed E-state index contributed by atoms with van der Waals surface area (Å²) in [6.07, 6.45) is 7.79. The third-order valence-electron chi connectivity index (χ3n) is 6.93. The molecule has 2 aromatic rings. The van der Waals surface area contributed by atoms with E-state index in [0.29, 0.717) is 25.1 Å². The van der Waals surface area contributed by atoms with Gasteiger partial charge in [-0.1, -0.05) is 0 Å². The average molecular weight is 515 g/mol. The molecule has 5 amide bonds. The van der Waals surface area contributed by atoms with Gasteiger partial charge in [-0.25, -0.2) is 14.5 Å². The van der Waals surface area contributed by atoms with E-state index >= 15 is 0 Å². The van der Waals surface area contributed by atoms with E-state index in [-0.39, 0.29) is 25.7 Å². The van der Waals surface area contributed by atoms with E-state index in [1.807, 2.05) is 0 Å². The lowest BCUT2D eigenvalue weighted by Crippen LogP contribution is -2.58. The van der Waals surface area contributed by atoms with E-state index < -0.39 is 53.7 Å². The van der Waals surface area contributed by atoms with E-state index in [1.165, 1.54) is 17.4 Å². The lowest BCUT2D eigenvalue weighted by molar-refractivity contribution is -0.677. The number of carbonyl (C=O) groups is 5. The minimum absolute atomic E-state index is 0.00349. The molecule has 0 saturated carbocycles. The second-order valence-electron chi connectivity index (χ2n) is 9.44. The Kier molecular flexibility index (Phi) is 7.66. The number of nitrogens with one attached hydrogen (secondary N) is 3. The maximum Gasteiger partial charge on any atom is 0.247 e. The van der Waals surface area contributed by atoms with E-state index in [1.54, 1.807) is 24.1 Å².